The van der Waals surface area contributed by atoms with Gasteiger partial charge in [0.15, 0.2) is 0 Å². The van der Waals surface area contributed by atoms with Crippen molar-refractivity contribution in [1.29, 1.82) is 0 Å². The zero-order valence-electron chi connectivity index (χ0n) is 21.3. The Labute approximate surface area is 209 Å². The summed E-state index contributed by atoms with van der Waals surface area (Å²) >= 11 is 1.69. The Hall–Kier alpha value is -1.67. The Morgan fingerprint density at radius 3 is 2.88 bits per heavy atom. The Bertz CT molecular complexity index is 902. The number of urea groups is 1. The summed E-state index contributed by atoms with van der Waals surface area (Å²) in [5.41, 5.74) is 0.0388. The summed E-state index contributed by atoms with van der Waals surface area (Å²) in [5, 5.41) is 22.0. The van der Waals surface area contributed by atoms with Crippen LogP contribution in [-0.4, -0.2) is 62.5 Å². The number of amides is 2. The molecule has 6 nitrogen and oxygen atoms in total. The number of nitrogens with one attached hydrogen (secondary N) is 2. The van der Waals surface area contributed by atoms with Gasteiger partial charge in [-0.3, -0.25) is 0 Å². The molecule has 1 aliphatic heterocycles. The number of benzene rings is 1. The predicted molar refractivity (Wildman–Crippen MR) is 141 cm³/mol. The zero-order chi connectivity index (χ0) is 24.6. The lowest BCUT2D eigenvalue weighted by Crippen LogP contribution is -2.53. The van der Waals surface area contributed by atoms with Crippen LogP contribution >= 0.6 is 11.3 Å². The number of piperidine rings is 1. The van der Waals surface area contributed by atoms with Crippen molar-refractivity contribution in [3.63, 3.8) is 0 Å². The van der Waals surface area contributed by atoms with Crippen LogP contribution in [0.15, 0.2) is 29.6 Å². The van der Waals surface area contributed by atoms with Gasteiger partial charge in [0.05, 0.1) is 5.60 Å². The van der Waals surface area contributed by atoms with Crippen LogP contribution in [0.1, 0.15) is 57.9 Å². The summed E-state index contributed by atoms with van der Waals surface area (Å²) in [5.74, 6) is 0.506. The van der Waals surface area contributed by atoms with Gasteiger partial charge in [-0.2, -0.15) is 0 Å². The third-order valence-electron chi connectivity index (χ3n) is 7.02. The van der Waals surface area contributed by atoms with Crippen molar-refractivity contribution >= 4 is 27.5 Å². The highest BCUT2D eigenvalue weighted by Gasteiger charge is 2.42. The van der Waals surface area contributed by atoms with Crippen LogP contribution in [0.3, 0.4) is 0 Å². The average molecular weight is 490 g/mol. The molecule has 0 unspecified atom stereocenters. The van der Waals surface area contributed by atoms with E-state index >= 15 is 0 Å². The fourth-order valence-electron chi connectivity index (χ4n) is 5.36. The van der Waals surface area contributed by atoms with Crippen molar-refractivity contribution in [3.8, 4) is 0 Å². The van der Waals surface area contributed by atoms with E-state index in [4.69, 9.17) is 4.74 Å². The minimum absolute atomic E-state index is 0.00454. The summed E-state index contributed by atoms with van der Waals surface area (Å²) in [6, 6.07) is 8.45. The summed E-state index contributed by atoms with van der Waals surface area (Å²) < 4.78 is 6.41. The second kappa shape index (κ2) is 12.9. The number of likely N-dealkylation sites (N-methyl/N-ethyl adjacent to an activating group) is 1. The van der Waals surface area contributed by atoms with Crippen LogP contribution in [0.2, 0.25) is 0 Å². The van der Waals surface area contributed by atoms with Gasteiger partial charge in [-0.15, -0.1) is 11.3 Å². The van der Waals surface area contributed by atoms with E-state index in [9.17, 15) is 9.90 Å². The molecule has 0 radical (unpaired) electrons. The Kier molecular flexibility index (Phi) is 10.2. The van der Waals surface area contributed by atoms with E-state index in [1.54, 1.807) is 18.4 Å². The number of rotatable bonds is 12. The van der Waals surface area contributed by atoms with Crippen molar-refractivity contribution < 1.29 is 14.6 Å². The summed E-state index contributed by atoms with van der Waals surface area (Å²) in [6.45, 7) is 7.12. The van der Waals surface area contributed by atoms with Crippen LogP contribution in [0.4, 0.5) is 4.79 Å². The van der Waals surface area contributed by atoms with Crippen LogP contribution in [-0.2, 0) is 10.3 Å². The van der Waals surface area contributed by atoms with Gasteiger partial charge in [0.2, 0.25) is 0 Å². The quantitative estimate of drug-likeness (QED) is 0.368. The molecule has 2 aromatic rings. The van der Waals surface area contributed by atoms with E-state index in [1.165, 1.54) is 5.39 Å². The van der Waals surface area contributed by atoms with Crippen LogP contribution < -0.4 is 10.6 Å². The number of aliphatic hydroxyl groups is 1. The van der Waals surface area contributed by atoms with E-state index in [1.807, 2.05) is 18.0 Å². The molecule has 1 fully saturated rings. The number of fused-ring (bicyclic) bond motifs is 1. The molecule has 0 spiro atoms. The molecule has 3 rings (SSSR count). The van der Waals surface area contributed by atoms with Crippen molar-refractivity contribution in [1.82, 2.24) is 15.5 Å². The Morgan fingerprint density at radius 1 is 1.32 bits per heavy atom. The molecule has 0 aliphatic carbocycles. The van der Waals surface area contributed by atoms with Crippen molar-refractivity contribution in [2.24, 2.45) is 11.8 Å². The molecule has 0 bridgehead atoms. The Balaban J connectivity index is 1.80. The molecule has 7 heteroatoms. The second-order valence-electron chi connectivity index (χ2n) is 10.1. The zero-order valence-corrected chi connectivity index (χ0v) is 22.1. The van der Waals surface area contributed by atoms with Gasteiger partial charge in [-0.1, -0.05) is 32.0 Å². The topological polar surface area (TPSA) is 73.8 Å². The second-order valence-corrected chi connectivity index (χ2v) is 11.1. The minimum Gasteiger partial charge on any atom is -0.385 e. The monoisotopic (exact) mass is 489 g/mol. The van der Waals surface area contributed by atoms with Gasteiger partial charge in [0, 0.05) is 55.6 Å². The molecular formula is C27H43N3O3S. The fourth-order valence-corrected chi connectivity index (χ4v) is 6.35. The highest BCUT2D eigenvalue weighted by Crippen LogP contribution is 2.43. The molecule has 1 aromatic carbocycles. The number of hydrogen-bond donors (Lipinski definition) is 3. The number of unbranched alkanes of at least 4 members (excludes halogenated alkanes) is 1. The smallest absolute Gasteiger partial charge is 0.317 e. The molecule has 0 saturated carbocycles. The average Bonchev–Trinajstić information content (AvgIpc) is 3.30. The summed E-state index contributed by atoms with van der Waals surface area (Å²) in [7, 11) is 3.64. The summed E-state index contributed by atoms with van der Waals surface area (Å²) in [6.07, 6.45) is 5.22. The maximum atomic E-state index is 13.2. The molecular weight excluding hydrogens is 446 g/mol. The lowest BCUT2D eigenvalue weighted by molar-refractivity contribution is -0.0551. The van der Waals surface area contributed by atoms with E-state index in [2.05, 4.69) is 48.1 Å². The number of methoxy groups -OCH3 is 1. The van der Waals surface area contributed by atoms with Gasteiger partial charge in [-0.05, 0) is 68.3 Å². The first-order valence-corrected chi connectivity index (χ1v) is 13.6. The maximum Gasteiger partial charge on any atom is 0.317 e. The van der Waals surface area contributed by atoms with E-state index in [0.717, 1.165) is 55.5 Å². The number of carbonyl (C=O) groups excluding carboxylic acids is 1. The molecule has 2 amide bonds. The molecule has 190 valence electrons. The standard InChI is InChI=1S/C27H43N3O3S/c1-20(2)17-23(18-28-3)29-26(31)30-14-8-10-22(19-30)27(32,13-5-6-15-33-4)24-11-7-9-21-12-16-34-25(21)24/h7,9,11-12,16,20,22-23,28,32H,5-6,8,10,13-15,17-19H2,1-4H3,(H,29,31)/t22-,23+,27+/m1/s1. The molecule has 1 aromatic heterocycles. The van der Waals surface area contributed by atoms with Crippen LogP contribution in [0, 0.1) is 11.8 Å². The maximum absolute atomic E-state index is 13.2. The van der Waals surface area contributed by atoms with Gasteiger partial charge < -0.3 is 25.4 Å². The molecule has 1 aliphatic rings. The van der Waals surface area contributed by atoms with Crippen molar-refractivity contribution in [2.45, 2.75) is 64.0 Å². The normalized spacial score (nSPS) is 19.4. The third-order valence-corrected chi connectivity index (χ3v) is 7.98. The van der Waals surface area contributed by atoms with Crippen molar-refractivity contribution in [3.05, 3.63) is 35.2 Å². The third kappa shape index (κ3) is 6.72. The van der Waals surface area contributed by atoms with Gasteiger partial charge in [0.25, 0.3) is 0 Å². The van der Waals surface area contributed by atoms with Gasteiger partial charge in [-0.25, -0.2) is 4.79 Å². The summed E-state index contributed by atoms with van der Waals surface area (Å²) in [4.78, 5) is 15.2. The molecule has 34 heavy (non-hydrogen) atoms. The number of carbonyl (C=O) groups is 1. The van der Waals surface area contributed by atoms with E-state index < -0.39 is 5.60 Å². The van der Waals surface area contributed by atoms with E-state index in [-0.39, 0.29) is 18.0 Å². The predicted octanol–water partition coefficient (Wildman–Crippen LogP) is 4.96. The Morgan fingerprint density at radius 2 is 2.15 bits per heavy atom. The number of ether oxygens (including phenoxy) is 1. The SMILES string of the molecule is CNC[C@H](CC(C)C)NC(=O)N1CCC[C@@H]([C@@](O)(CCCCOC)c2cccc3ccsc23)C1. The highest BCUT2D eigenvalue weighted by molar-refractivity contribution is 7.17. The number of nitrogens with zero attached hydrogens (tertiary/aromatic N) is 1. The lowest BCUT2D eigenvalue weighted by Gasteiger charge is -2.43. The first-order chi connectivity index (χ1) is 16.4. The van der Waals surface area contributed by atoms with Crippen LogP contribution in [0.5, 0.6) is 0 Å². The van der Waals surface area contributed by atoms with Gasteiger partial charge in [0.1, 0.15) is 0 Å². The fraction of sp³-hybridized carbons (Fsp3) is 0.667. The highest BCUT2D eigenvalue weighted by atomic mass is 32.1. The van der Waals surface area contributed by atoms with Crippen molar-refractivity contribution in [2.75, 3.05) is 40.4 Å². The first kappa shape index (κ1) is 26.9. The molecule has 3 atom stereocenters. The number of hydrogen-bond acceptors (Lipinski definition) is 5. The van der Waals surface area contributed by atoms with Gasteiger partial charge >= 0.3 is 6.03 Å². The van der Waals surface area contributed by atoms with Crippen LogP contribution in [0.25, 0.3) is 10.1 Å². The first-order valence-electron chi connectivity index (χ1n) is 12.8. The largest absolute Gasteiger partial charge is 0.385 e. The molecule has 2 heterocycles. The number of likely N-dealkylation sites (tertiary alicyclic amines) is 1. The minimum atomic E-state index is -0.973. The molecule has 3 N–H and O–H groups in total. The molecule has 1 saturated heterocycles. The lowest BCUT2D eigenvalue weighted by atomic mass is 9.74. The van der Waals surface area contributed by atoms with E-state index in [0.29, 0.717) is 25.5 Å². The number of thiophene rings is 1.